The van der Waals surface area contributed by atoms with E-state index in [1.807, 2.05) is 18.7 Å². The molecular weight excluding hydrogens is 218 g/mol. The molecule has 1 aromatic carbocycles. The fourth-order valence-corrected chi connectivity index (χ4v) is 2.39. The molecule has 0 saturated heterocycles. The van der Waals surface area contributed by atoms with Gasteiger partial charge in [0, 0.05) is 23.8 Å². The molecule has 0 amide bonds. The van der Waals surface area contributed by atoms with Crippen LogP contribution in [0.25, 0.3) is 0 Å². The summed E-state index contributed by atoms with van der Waals surface area (Å²) >= 11 is 1.86. The summed E-state index contributed by atoms with van der Waals surface area (Å²) in [5.41, 5.74) is 6.93. The van der Waals surface area contributed by atoms with Gasteiger partial charge in [-0.2, -0.15) is 0 Å². The first-order valence-electron chi connectivity index (χ1n) is 5.77. The van der Waals surface area contributed by atoms with Crippen molar-refractivity contribution in [2.24, 2.45) is 5.73 Å². The van der Waals surface area contributed by atoms with Crippen molar-refractivity contribution in [1.29, 1.82) is 0 Å². The number of hydrogen-bond donors (Lipinski definition) is 1. The largest absolute Gasteiger partial charge is 0.377 e. The number of thioether (sulfide) groups is 1. The maximum atomic E-state index is 5.62. The zero-order valence-electron chi connectivity index (χ0n) is 10.1. The van der Waals surface area contributed by atoms with E-state index in [0.717, 1.165) is 18.8 Å². The van der Waals surface area contributed by atoms with Gasteiger partial charge in [0.1, 0.15) is 0 Å². The molecule has 1 rings (SSSR count). The third kappa shape index (κ3) is 5.01. The molecule has 0 aliphatic heterocycles. The zero-order valence-corrected chi connectivity index (χ0v) is 10.9. The molecule has 2 N–H and O–H groups in total. The Morgan fingerprint density at radius 2 is 2.00 bits per heavy atom. The maximum Gasteiger partial charge on any atom is 0.0705 e. The van der Waals surface area contributed by atoms with Crippen molar-refractivity contribution in [2.45, 2.75) is 31.3 Å². The molecule has 0 bridgehead atoms. The summed E-state index contributed by atoms with van der Waals surface area (Å²) in [6, 6.07) is 8.62. The highest BCUT2D eigenvalue weighted by molar-refractivity contribution is 7.99. The van der Waals surface area contributed by atoms with E-state index in [0.29, 0.717) is 6.54 Å². The van der Waals surface area contributed by atoms with Crippen LogP contribution in [0.4, 0.5) is 0 Å². The zero-order chi connectivity index (χ0) is 11.8. The second kappa shape index (κ2) is 7.71. The molecule has 3 heteroatoms. The molecule has 0 aliphatic carbocycles. The minimum Gasteiger partial charge on any atom is -0.377 e. The summed E-state index contributed by atoms with van der Waals surface area (Å²) in [5, 5.41) is 0. The van der Waals surface area contributed by atoms with E-state index in [-0.39, 0.29) is 6.10 Å². The topological polar surface area (TPSA) is 35.2 Å². The standard InChI is InChI=1S/C13H21NOS/c1-3-15-12(10-14)8-9-16-13-6-4-11(2)5-7-13/h4-7,12H,3,8-10,14H2,1-2H3. The van der Waals surface area contributed by atoms with Crippen molar-refractivity contribution < 1.29 is 4.74 Å². The molecule has 16 heavy (non-hydrogen) atoms. The van der Waals surface area contributed by atoms with Crippen LogP contribution >= 0.6 is 11.8 Å². The van der Waals surface area contributed by atoms with Gasteiger partial charge in [-0.25, -0.2) is 0 Å². The lowest BCUT2D eigenvalue weighted by Gasteiger charge is -2.14. The SMILES string of the molecule is CCOC(CN)CCSc1ccc(C)cc1. The molecule has 0 radical (unpaired) electrons. The predicted molar refractivity (Wildman–Crippen MR) is 71.0 cm³/mol. The lowest BCUT2D eigenvalue weighted by atomic mass is 10.2. The maximum absolute atomic E-state index is 5.62. The number of benzene rings is 1. The van der Waals surface area contributed by atoms with Gasteiger partial charge < -0.3 is 10.5 Å². The summed E-state index contributed by atoms with van der Waals surface area (Å²) < 4.78 is 5.51. The molecule has 1 unspecified atom stereocenters. The molecule has 1 atom stereocenters. The normalized spacial score (nSPS) is 12.7. The molecule has 0 heterocycles. The number of ether oxygens (including phenoxy) is 1. The molecule has 1 aromatic rings. The Hall–Kier alpha value is -0.510. The molecular formula is C13H21NOS. The average molecular weight is 239 g/mol. The number of nitrogens with two attached hydrogens (primary N) is 1. The Morgan fingerprint density at radius 3 is 2.56 bits per heavy atom. The fraction of sp³-hybridized carbons (Fsp3) is 0.538. The van der Waals surface area contributed by atoms with Crippen LogP contribution < -0.4 is 5.73 Å². The van der Waals surface area contributed by atoms with Gasteiger partial charge in [0.15, 0.2) is 0 Å². The van der Waals surface area contributed by atoms with Crippen LogP contribution in [-0.2, 0) is 4.74 Å². The van der Waals surface area contributed by atoms with Gasteiger partial charge in [0.05, 0.1) is 6.10 Å². The van der Waals surface area contributed by atoms with Gasteiger partial charge in [-0.05, 0) is 32.4 Å². The molecule has 0 aromatic heterocycles. The highest BCUT2D eigenvalue weighted by atomic mass is 32.2. The highest BCUT2D eigenvalue weighted by Gasteiger charge is 2.05. The third-order valence-electron chi connectivity index (χ3n) is 2.39. The smallest absolute Gasteiger partial charge is 0.0705 e. The predicted octanol–water partition coefficient (Wildman–Crippen LogP) is 2.84. The molecule has 0 fully saturated rings. The van der Waals surface area contributed by atoms with Crippen LogP contribution in [0.5, 0.6) is 0 Å². The molecule has 0 aliphatic rings. The van der Waals surface area contributed by atoms with Crippen molar-refractivity contribution in [3.63, 3.8) is 0 Å². The first-order valence-corrected chi connectivity index (χ1v) is 6.76. The minimum absolute atomic E-state index is 0.211. The van der Waals surface area contributed by atoms with Gasteiger partial charge in [-0.3, -0.25) is 0 Å². The molecule has 2 nitrogen and oxygen atoms in total. The van der Waals surface area contributed by atoms with Gasteiger partial charge in [0.2, 0.25) is 0 Å². The van der Waals surface area contributed by atoms with Crippen LogP contribution in [-0.4, -0.2) is 25.0 Å². The van der Waals surface area contributed by atoms with Gasteiger partial charge in [-0.1, -0.05) is 17.7 Å². The number of hydrogen-bond acceptors (Lipinski definition) is 3. The van der Waals surface area contributed by atoms with Crippen LogP contribution in [0.1, 0.15) is 18.9 Å². The molecule has 0 saturated carbocycles. The van der Waals surface area contributed by atoms with Crippen molar-refractivity contribution in [3.05, 3.63) is 29.8 Å². The van der Waals surface area contributed by atoms with Crippen LogP contribution in [0.3, 0.4) is 0 Å². The van der Waals surface area contributed by atoms with E-state index in [4.69, 9.17) is 10.5 Å². The Morgan fingerprint density at radius 1 is 1.31 bits per heavy atom. The minimum atomic E-state index is 0.211. The van der Waals surface area contributed by atoms with E-state index >= 15 is 0 Å². The lowest BCUT2D eigenvalue weighted by molar-refractivity contribution is 0.0674. The van der Waals surface area contributed by atoms with E-state index in [1.54, 1.807) is 0 Å². The molecule has 90 valence electrons. The van der Waals surface area contributed by atoms with E-state index < -0.39 is 0 Å². The summed E-state index contributed by atoms with van der Waals surface area (Å²) in [4.78, 5) is 1.32. The Kier molecular flexibility index (Phi) is 6.53. The fourth-order valence-electron chi connectivity index (χ4n) is 1.45. The van der Waals surface area contributed by atoms with Crippen LogP contribution in [0.2, 0.25) is 0 Å². The van der Waals surface area contributed by atoms with Crippen molar-refractivity contribution in [1.82, 2.24) is 0 Å². The lowest BCUT2D eigenvalue weighted by Crippen LogP contribution is -2.24. The van der Waals surface area contributed by atoms with Crippen molar-refractivity contribution in [2.75, 3.05) is 18.9 Å². The number of aryl methyl sites for hydroxylation is 1. The summed E-state index contributed by atoms with van der Waals surface area (Å²) in [7, 11) is 0. The Bertz CT molecular complexity index is 286. The van der Waals surface area contributed by atoms with E-state index in [9.17, 15) is 0 Å². The third-order valence-corrected chi connectivity index (χ3v) is 3.44. The van der Waals surface area contributed by atoms with Crippen LogP contribution in [0.15, 0.2) is 29.2 Å². The summed E-state index contributed by atoms with van der Waals surface area (Å²) in [5.74, 6) is 1.06. The van der Waals surface area contributed by atoms with Crippen LogP contribution in [0, 0.1) is 6.92 Å². The first-order chi connectivity index (χ1) is 7.76. The summed E-state index contributed by atoms with van der Waals surface area (Å²) in [6.07, 6.45) is 1.23. The summed E-state index contributed by atoms with van der Waals surface area (Å²) in [6.45, 7) is 5.48. The average Bonchev–Trinajstić information content (AvgIpc) is 2.30. The first kappa shape index (κ1) is 13.6. The second-order valence-corrected chi connectivity index (χ2v) is 4.93. The van der Waals surface area contributed by atoms with Gasteiger partial charge in [0.25, 0.3) is 0 Å². The van der Waals surface area contributed by atoms with Gasteiger partial charge in [-0.15, -0.1) is 11.8 Å². The quantitative estimate of drug-likeness (QED) is 0.743. The van der Waals surface area contributed by atoms with Crippen molar-refractivity contribution in [3.8, 4) is 0 Å². The van der Waals surface area contributed by atoms with E-state index in [2.05, 4.69) is 31.2 Å². The van der Waals surface area contributed by atoms with Gasteiger partial charge >= 0.3 is 0 Å². The van der Waals surface area contributed by atoms with E-state index in [1.165, 1.54) is 10.5 Å². The number of rotatable bonds is 7. The second-order valence-electron chi connectivity index (χ2n) is 3.76. The molecule has 0 spiro atoms. The monoisotopic (exact) mass is 239 g/mol. The Labute approximate surface area is 103 Å². The highest BCUT2D eigenvalue weighted by Crippen LogP contribution is 2.19. The van der Waals surface area contributed by atoms with Crippen molar-refractivity contribution >= 4 is 11.8 Å². The Balaban J connectivity index is 2.26.